The number of hydrogen-bond acceptors (Lipinski definition) is 4. The number of nitrogens with two attached hydrogens (primary N) is 1. The van der Waals surface area contributed by atoms with E-state index in [1.54, 1.807) is 6.07 Å². The summed E-state index contributed by atoms with van der Waals surface area (Å²) >= 11 is 5.83. The average molecular weight is 286 g/mol. The van der Waals surface area contributed by atoms with E-state index in [-0.39, 0.29) is 6.04 Å². The minimum Gasteiger partial charge on any atom is -0.473 e. The van der Waals surface area contributed by atoms with Crippen molar-refractivity contribution >= 4 is 34.5 Å². The molecule has 0 saturated carbocycles. The molecule has 0 radical (unpaired) electrons. The minimum absolute atomic E-state index is 0.0776. The van der Waals surface area contributed by atoms with Crippen LogP contribution in [0.15, 0.2) is 28.7 Å². The SMILES string of the molecule is CC(N)c1cc2cc(Cl)ccc2o1.O=C(O)C(=O)O. The second-order valence-corrected chi connectivity index (χ2v) is 4.17. The lowest BCUT2D eigenvalue weighted by Gasteiger charge is -1.96. The second-order valence-electron chi connectivity index (χ2n) is 3.73. The number of carbonyl (C=O) groups is 2. The first kappa shape index (κ1) is 15.0. The average Bonchev–Trinajstić information content (AvgIpc) is 2.72. The predicted octanol–water partition coefficient (Wildman–Crippen LogP) is 2.26. The van der Waals surface area contributed by atoms with E-state index in [4.69, 9.17) is 41.6 Å². The highest BCUT2D eigenvalue weighted by molar-refractivity contribution is 6.31. The van der Waals surface area contributed by atoms with Crippen LogP contribution in [0.4, 0.5) is 0 Å². The summed E-state index contributed by atoms with van der Waals surface area (Å²) in [7, 11) is 0. The first-order chi connectivity index (χ1) is 8.81. The largest absolute Gasteiger partial charge is 0.473 e. The zero-order valence-electron chi connectivity index (χ0n) is 9.96. The molecule has 1 heterocycles. The van der Waals surface area contributed by atoms with Crippen molar-refractivity contribution in [1.82, 2.24) is 0 Å². The minimum atomic E-state index is -1.82. The van der Waals surface area contributed by atoms with Crippen LogP contribution in [0.3, 0.4) is 0 Å². The van der Waals surface area contributed by atoms with Crippen LogP contribution >= 0.6 is 11.6 Å². The molecule has 7 heteroatoms. The number of carboxylic acid groups (broad SMARTS) is 2. The van der Waals surface area contributed by atoms with Crippen molar-refractivity contribution in [2.24, 2.45) is 5.73 Å². The van der Waals surface area contributed by atoms with Gasteiger partial charge in [0.05, 0.1) is 6.04 Å². The molecule has 6 nitrogen and oxygen atoms in total. The molecule has 0 fully saturated rings. The van der Waals surface area contributed by atoms with E-state index in [1.807, 2.05) is 25.1 Å². The van der Waals surface area contributed by atoms with Gasteiger partial charge in [-0.05, 0) is 31.2 Å². The first-order valence-electron chi connectivity index (χ1n) is 5.22. The van der Waals surface area contributed by atoms with Gasteiger partial charge in [0, 0.05) is 10.4 Å². The Kier molecular flexibility index (Phi) is 4.91. The van der Waals surface area contributed by atoms with Gasteiger partial charge in [0.15, 0.2) is 0 Å². The lowest BCUT2D eigenvalue weighted by molar-refractivity contribution is -0.159. The summed E-state index contributed by atoms with van der Waals surface area (Å²) < 4.78 is 5.50. The number of halogens is 1. The van der Waals surface area contributed by atoms with Crippen LogP contribution in [0.5, 0.6) is 0 Å². The molecule has 0 amide bonds. The number of carboxylic acids is 2. The lowest BCUT2D eigenvalue weighted by atomic mass is 10.2. The summed E-state index contributed by atoms with van der Waals surface area (Å²) in [5, 5.41) is 16.5. The maximum absolute atomic E-state index is 9.10. The molecule has 1 aromatic carbocycles. The van der Waals surface area contributed by atoms with Gasteiger partial charge in [0.2, 0.25) is 0 Å². The zero-order valence-corrected chi connectivity index (χ0v) is 10.7. The topological polar surface area (TPSA) is 114 Å². The Morgan fingerprint density at radius 2 is 1.84 bits per heavy atom. The molecule has 0 bridgehead atoms. The van der Waals surface area contributed by atoms with E-state index < -0.39 is 11.9 Å². The van der Waals surface area contributed by atoms with Gasteiger partial charge < -0.3 is 20.4 Å². The number of furan rings is 1. The molecule has 1 aromatic heterocycles. The van der Waals surface area contributed by atoms with Crippen molar-refractivity contribution in [1.29, 1.82) is 0 Å². The molecule has 0 aliphatic heterocycles. The molecule has 2 rings (SSSR count). The van der Waals surface area contributed by atoms with Crippen LogP contribution in [0.2, 0.25) is 5.02 Å². The molecule has 0 aliphatic carbocycles. The standard InChI is InChI=1S/C10H10ClNO.C2H2O4/c1-6(12)10-5-7-4-8(11)2-3-9(7)13-10;3-1(4)2(5)6/h2-6H,12H2,1H3;(H,3,4)(H,5,6). The maximum Gasteiger partial charge on any atom is 0.414 e. The number of benzene rings is 1. The molecular formula is C12H12ClNO5. The summed E-state index contributed by atoms with van der Waals surface area (Å²) in [5.74, 6) is -2.86. The second kappa shape index (κ2) is 6.21. The Bertz CT molecular complexity index is 593. The molecule has 1 unspecified atom stereocenters. The van der Waals surface area contributed by atoms with Gasteiger partial charge >= 0.3 is 11.9 Å². The monoisotopic (exact) mass is 285 g/mol. The Balaban J connectivity index is 0.000000258. The van der Waals surface area contributed by atoms with Crippen molar-refractivity contribution in [2.45, 2.75) is 13.0 Å². The molecular weight excluding hydrogens is 274 g/mol. The zero-order chi connectivity index (χ0) is 14.6. The highest BCUT2D eigenvalue weighted by atomic mass is 35.5. The van der Waals surface area contributed by atoms with Crippen LogP contribution in [-0.4, -0.2) is 22.2 Å². The van der Waals surface area contributed by atoms with Crippen molar-refractivity contribution < 1.29 is 24.2 Å². The Morgan fingerprint density at radius 1 is 1.26 bits per heavy atom. The summed E-state index contributed by atoms with van der Waals surface area (Å²) in [4.78, 5) is 18.2. The molecule has 2 aromatic rings. The van der Waals surface area contributed by atoms with Gasteiger partial charge in [-0.1, -0.05) is 11.6 Å². The van der Waals surface area contributed by atoms with Crippen LogP contribution in [0.25, 0.3) is 11.0 Å². The number of aliphatic carboxylic acids is 2. The van der Waals surface area contributed by atoms with E-state index in [9.17, 15) is 0 Å². The van der Waals surface area contributed by atoms with Gasteiger partial charge in [0.25, 0.3) is 0 Å². The van der Waals surface area contributed by atoms with Gasteiger partial charge in [-0.2, -0.15) is 0 Å². The van der Waals surface area contributed by atoms with Crippen LogP contribution in [-0.2, 0) is 9.59 Å². The molecule has 0 aliphatic rings. The van der Waals surface area contributed by atoms with Crippen LogP contribution in [0.1, 0.15) is 18.7 Å². The third-order valence-corrected chi connectivity index (χ3v) is 2.36. The summed E-state index contributed by atoms with van der Waals surface area (Å²) in [6.07, 6.45) is 0. The van der Waals surface area contributed by atoms with Gasteiger partial charge in [-0.3, -0.25) is 0 Å². The smallest absolute Gasteiger partial charge is 0.414 e. The fraction of sp³-hybridized carbons (Fsp3) is 0.167. The first-order valence-corrected chi connectivity index (χ1v) is 5.60. The normalized spacial score (nSPS) is 11.5. The van der Waals surface area contributed by atoms with Crippen molar-refractivity contribution in [3.8, 4) is 0 Å². The van der Waals surface area contributed by atoms with Gasteiger partial charge in [-0.25, -0.2) is 9.59 Å². The van der Waals surface area contributed by atoms with E-state index in [0.717, 1.165) is 16.7 Å². The van der Waals surface area contributed by atoms with E-state index in [2.05, 4.69) is 0 Å². The number of rotatable bonds is 1. The van der Waals surface area contributed by atoms with E-state index >= 15 is 0 Å². The van der Waals surface area contributed by atoms with Crippen molar-refractivity contribution in [3.63, 3.8) is 0 Å². The number of hydrogen-bond donors (Lipinski definition) is 3. The molecule has 0 spiro atoms. The quantitative estimate of drug-likeness (QED) is 0.693. The highest BCUT2D eigenvalue weighted by Gasteiger charge is 2.07. The summed E-state index contributed by atoms with van der Waals surface area (Å²) in [6, 6.07) is 7.37. The fourth-order valence-corrected chi connectivity index (χ4v) is 1.44. The Labute approximate surface area is 113 Å². The van der Waals surface area contributed by atoms with Crippen LogP contribution < -0.4 is 5.73 Å². The van der Waals surface area contributed by atoms with Crippen LogP contribution in [0, 0.1) is 0 Å². The predicted molar refractivity (Wildman–Crippen MR) is 69.1 cm³/mol. The highest BCUT2D eigenvalue weighted by Crippen LogP contribution is 2.25. The maximum atomic E-state index is 9.10. The summed E-state index contributed by atoms with van der Waals surface area (Å²) in [6.45, 7) is 1.89. The molecule has 19 heavy (non-hydrogen) atoms. The van der Waals surface area contributed by atoms with Crippen molar-refractivity contribution in [2.75, 3.05) is 0 Å². The molecule has 102 valence electrons. The van der Waals surface area contributed by atoms with E-state index in [0.29, 0.717) is 5.02 Å². The summed E-state index contributed by atoms with van der Waals surface area (Å²) in [5.41, 5.74) is 6.52. The van der Waals surface area contributed by atoms with Gasteiger partial charge in [-0.15, -0.1) is 0 Å². The lowest BCUT2D eigenvalue weighted by Crippen LogP contribution is -2.09. The Hall–Kier alpha value is -2.05. The van der Waals surface area contributed by atoms with Gasteiger partial charge in [0.1, 0.15) is 11.3 Å². The fourth-order valence-electron chi connectivity index (χ4n) is 1.26. The third-order valence-electron chi connectivity index (χ3n) is 2.13. The third kappa shape index (κ3) is 4.27. The van der Waals surface area contributed by atoms with E-state index in [1.165, 1.54) is 0 Å². The number of fused-ring (bicyclic) bond motifs is 1. The molecule has 1 atom stereocenters. The van der Waals surface area contributed by atoms with Crippen molar-refractivity contribution in [3.05, 3.63) is 35.0 Å². The Morgan fingerprint density at radius 3 is 2.32 bits per heavy atom. The molecule has 4 N–H and O–H groups in total. The molecule has 0 saturated heterocycles.